The highest BCUT2D eigenvalue weighted by molar-refractivity contribution is 7.80. The van der Waals surface area contributed by atoms with Gasteiger partial charge in [0.25, 0.3) is 0 Å². The van der Waals surface area contributed by atoms with Crippen LogP contribution in [0.5, 0.6) is 17.2 Å². The van der Waals surface area contributed by atoms with Crippen LogP contribution in [0.1, 0.15) is 11.6 Å². The number of phenolic OH excluding ortho intramolecular Hbond substituents is 1. The zero-order valence-corrected chi connectivity index (χ0v) is 16.3. The Hall–Kier alpha value is -3.26. The molecule has 0 spiro atoms. The van der Waals surface area contributed by atoms with Gasteiger partial charge in [0.2, 0.25) is 5.91 Å². The number of carbonyl (C=O) groups excluding carboxylic acids is 1. The highest BCUT2D eigenvalue weighted by atomic mass is 32.1. The summed E-state index contributed by atoms with van der Waals surface area (Å²) < 4.78 is 10.5. The van der Waals surface area contributed by atoms with Crippen molar-refractivity contribution in [2.24, 2.45) is 5.92 Å². The summed E-state index contributed by atoms with van der Waals surface area (Å²) in [7, 11) is 2.99. The van der Waals surface area contributed by atoms with Crippen molar-refractivity contribution in [3.05, 3.63) is 60.3 Å². The summed E-state index contributed by atoms with van der Waals surface area (Å²) in [6.45, 7) is 3.96. The van der Waals surface area contributed by atoms with E-state index in [-0.39, 0.29) is 11.7 Å². The molecule has 1 fully saturated rings. The van der Waals surface area contributed by atoms with Crippen LogP contribution in [0.15, 0.2) is 54.7 Å². The van der Waals surface area contributed by atoms with Gasteiger partial charge in [-0.1, -0.05) is 30.8 Å². The first-order valence-corrected chi connectivity index (χ1v) is 8.93. The fourth-order valence-corrected chi connectivity index (χ4v) is 3.42. The smallest absolute Gasteiger partial charge is 0.235 e. The topological polar surface area (TPSA) is 91.9 Å². The molecule has 146 valence electrons. The Labute approximate surface area is 168 Å². The third-order valence-corrected chi connectivity index (χ3v) is 4.72. The molecule has 0 saturated carbocycles. The van der Waals surface area contributed by atoms with Crippen LogP contribution in [0.2, 0.25) is 0 Å². The summed E-state index contributed by atoms with van der Waals surface area (Å²) in [6.07, 6.45) is 0. The van der Waals surface area contributed by atoms with Crippen molar-refractivity contribution in [2.45, 2.75) is 6.04 Å². The Kier molecular flexibility index (Phi) is 5.70. The van der Waals surface area contributed by atoms with Crippen LogP contribution in [0.3, 0.4) is 0 Å². The summed E-state index contributed by atoms with van der Waals surface area (Å²) >= 11 is 5.23. The lowest BCUT2D eigenvalue weighted by molar-refractivity contribution is -0.119. The molecule has 0 aliphatic carbocycles. The fraction of sp³-hybridized carbons (Fsp3) is 0.200. The van der Waals surface area contributed by atoms with Crippen LogP contribution >= 0.6 is 12.2 Å². The summed E-state index contributed by atoms with van der Waals surface area (Å²) in [4.78, 5) is 13.1. The van der Waals surface area contributed by atoms with Crippen molar-refractivity contribution in [2.75, 3.05) is 19.5 Å². The molecule has 1 aliphatic heterocycles. The second kappa shape index (κ2) is 8.18. The van der Waals surface area contributed by atoms with E-state index in [1.54, 1.807) is 36.4 Å². The standard InChI is InChI=1S/C20H21N3O4S/c1-11-16(19(25)22-13-8-4-5-9-14(13)26-2)17(23-20(28)21-11)12-7-6-10-15(27-3)18(12)24/h4-10,16-17,24H,1H2,2-3H3,(H,22,25)(H2,21,23,28)/t16-,17+/m0/s1. The van der Waals surface area contributed by atoms with E-state index >= 15 is 0 Å². The Morgan fingerprint density at radius 1 is 1.14 bits per heavy atom. The number of phenols is 1. The monoisotopic (exact) mass is 399 g/mol. The number of hydrogen-bond donors (Lipinski definition) is 4. The SMILES string of the molecule is C=C1NC(=S)N[C@H](c2cccc(OC)c2O)[C@H]1C(=O)Nc1ccccc1OC. The first-order chi connectivity index (χ1) is 13.5. The van der Waals surface area contributed by atoms with Crippen molar-refractivity contribution < 1.29 is 19.4 Å². The van der Waals surface area contributed by atoms with Gasteiger partial charge in [0, 0.05) is 11.3 Å². The lowest BCUT2D eigenvalue weighted by Gasteiger charge is -2.35. The Morgan fingerprint density at radius 2 is 1.82 bits per heavy atom. The van der Waals surface area contributed by atoms with Crippen LogP contribution in [-0.4, -0.2) is 30.3 Å². The highest BCUT2D eigenvalue weighted by Crippen LogP contribution is 2.39. The van der Waals surface area contributed by atoms with Gasteiger partial charge in [0.15, 0.2) is 16.6 Å². The molecule has 1 amide bonds. The number of para-hydroxylation sites is 3. The molecule has 28 heavy (non-hydrogen) atoms. The van der Waals surface area contributed by atoms with Crippen LogP contribution in [0.25, 0.3) is 0 Å². The van der Waals surface area contributed by atoms with E-state index in [9.17, 15) is 9.90 Å². The van der Waals surface area contributed by atoms with Crippen molar-refractivity contribution in [3.63, 3.8) is 0 Å². The average molecular weight is 399 g/mol. The molecule has 0 unspecified atom stereocenters. The third-order valence-electron chi connectivity index (χ3n) is 4.50. The van der Waals surface area contributed by atoms with Gasteiger partial charge in [0.05, 0.1) is 25.9 Å². The number of aromatic hydroxyl groups is 1. The predicted octanol–water partition coefficient (Wildman–Crippen LogP) is 2.70. The molecule has 2 aromatic carbocycles. The third kappa shape index (κ3) is 3.72. The minimum absolute atomic E-state index is 0.0601. The van der Waals surface area contributed by atoms with Crippen LogP contribution in [-0.2, 0) is 4.79 Å². The van der Waals surface area contributed by atoms with Crippen LogP contribution < -0.4 is 25.4 Å². The van der Waals surface area contributed by atoms with Gasteiger partial charge in [-0.05, 0) is 30.4 Å². The largest absolute Gasteiger partial charge is 0.504 e. The number of carbonyl (C=O) groups is 1. The number of benzene rings is 2. The predicted molar refractivity (Wildman–Crippen MR) is 111 cm³/mol. The molecule has 1 aliphatic rings. The van der Waals surface area contributed by atoms with E-state index in [0.717, 1.165) is 0 Å². The molecule has 8 heteroatoms. The first-order valence-electron chi connectivity index (χ1n) is 8.52. The van der Waals surface area contributed by atoms with E-state index in [4.69, 9.17) is 21.7 Å². The minimum atomic E-state index is -0.755. The Morgan fingerprint density at radius 3 is 2.54 bits per heavy atom. The molecule has 1 saturated heterocycles. The number of amides is 1. The van der Waals surface area contributed by atoms with E-state index in [0.29, 0.717) is 33.6 Å². The van der Waals surface area contributed by atoms with Crippen molar-refractivity contribution in [1.82, 2.24) is 10.6 Å². The lowest BCUT2D eigenvalue weighted by Crippen LogP contribution is -2.51. The zero-order chi connectivity index (χ0) is 20.3. The molecule has 2 atom stereocenters. The number of rotatable bonds is 5. The van der Waals surface area contributed by atoms with Crippen molar-refractivity contribution in [3.8, 4) is 17.2 Å². The van der Waals surface area contributed by atoms with Crippen LogP contribution in [0.4, 0.5) is 5.69 Å². The molecule has 0 bridgehead atoms. The maximum absolute atomic E-state index is 13.1. The van der Waals surface area contributed by atoms with Gasteiger partial charge in [-0.15, -0.1) is 0 Å². The van der Waals surface area contributed by atoms with Gasteiger partial charge in [-0.2, -0.15) is 0 Å². The molecule has 4 N–H and O–H groups in total. The Balaban J connectivity index is 1.97. The fourth-order valence-electron chi connectivity index (χ4n) is 3.17. The first kappa shape index (κ1) is 19.5. The highest BCUT2D eigenvalue weighted by Gasteiger charge is 2.38. The normalized spacial score (nSPS) is 18.6. The van der Waals surface area contributed by atoms with Gasteiger partial charge in [-0.25, -0.2) is 0 Å². The van der Waals surface area contributed by atoms with E-state index < -0.39 is 12.0 Å². The number of nitrogens with one attached hydrogen (secondary N) is 3. The zero-order valence-electron chi connectivity index (χ0n) is 15.5. The summed E-state index contributed by atoms with van der Waals surface area (Å²) in [5.41, 5.74) is 1.43. The Bertz CT molecular complexity index is 931. The van der Waals surface area contributed by atoms with Crippen molar-refractivity contribution >= 4 is 28.9 Å². The minimum Gasteiger partial charge on any atom is -0.504 e. The quantitative estimate of drug-likeness (QED) is 0.575. The number of hydrogen-bond acceptors (Lipinski definition) is 5. The number of anilines is 1. The second-order valence-corrected chi connectivity index (χ2v) is 6.57. The second-order valence-electron chi connectivity index (χ2n) is 6.17. The molecule has 0 radical (unpaired) electrons. The maximum Gasteiger partial charge on any atom is 0.235 e. The van der Waals surface area contributed by atoms with Crippen LogP contribution in [0, 0.1) is 5.92 Å². The molecule has 2 aromatic rings. The number of methoxy groups -OCH3 is 2. The van der Waals surface area contributed by atoms with Crippen molar-refractivity contribution in [1.29, 1.82) is 0 Å². The average Bonchev–Trinajstić information content (AvgIpc) is 2.67. The maximum atomic E-state index is 13.1. The molecule has 1 heterocycles. The van der Waals surface area contributed by atoms with E-state index in [2.05, 4.69) is 22.5 Å². The molecule has 0 aromatic heterocycles. The number of thiocarbonyl (C=S) groups is 1. The van der Waals surface area contributed by atoms with Gasteiger partial charge < -0.3 is 30.5 Å². The molecule has 3 rings (SSSR count). The van der Waals surface area contributed by atoms with E-state index in [1.165, 1.54) is 14.2 Å². The molecular weight excluding hydrogens is 378 g/mol. The van der Waals surface area contributed by atoms with Gasteiger partial charge in [-0.3, -0.25) is 4.79 Å². The number of ether oxygens (including phenoxy) is 2. The molecular formula is C20H21N3O4S. The lowest BCUT2D eigenvalue weighted by atomic mass is 9.87. The summed E-state index contributed by atoms with van der Waals surface area (Å²) in [5, 5.41) is 19.7. The summed E-state index contributed by atoms with van der Waals surface area (Å²) in [5.74, 6) is -0.304. The molecule has 7 nitrogen and oxygen atoms in total. The van der Waals surface area contributed by atoms with Gasteiger partial charge in [0.1, 0.15) is 11.7 Å². The summed E-state index contributed by atoms with van der Waals surface area (Å²) in [6, 6.07) is 11.5. The van der Waals surface area contributed by atoms with E-state index in [1.807, 2.05) is 6.07 Å². The van der Waals surface area contributed by atoms with Gasteiger partial charge >= 0.3 is 0 Å².